The van der Waals surface area contributed by atoms with Gasteiger partial charge in [0.05, 0.1) is 19.8 Å². The van der Waals surface area contributed by atoms with Gasteiger partial charge in [0.25, 0.3) is 0 Å². The number of methoxy groups -OCH3 is 1. The summed E-state index contributed by atoms with van der Waals surface area (Å²) in [7, 11) is 1.56. The quantitative estimate of drug-likeness (QED) is 0.810. The minimum atomic E-state index is 0.0339. The molecule has 0 saturated heterocycles. The highest BCUT2D eigenvalue weighted by atomic mass is 35.5. The van der Waals surface area contributed by atoms with E-state index in [1.165, 1.54) is 0 Å². The standard InChI is InChI=1S/C11H16ClNO3/c1-7(2)16-11-8(6-15-13)4-9(12)5-10(11)14-3/h4-5,7H,6,13H2,1-3H3. The molecule has 16 heavy (non-hydrogen) atoms. The Hall–Kier alpha value is -0.970. The van der Waals surface area contributed by atoms with E-state index in [2.05, 4.69) is 4.84 Å². The monoisotopic (exact) mass is 245 g/mol. The molecule has 1 aromatic rings. The van der Waals surface area contributed by atoms with Crippen LogP contribution in [-0.2, 0) is 11.4 Å². The first-order chi connectivity index (χ1) is 7.58. The van der Waals surface area contributed by atoms with Gasteiger partial charge >= 0.3 is 0 Å². The minimum Gasteiger partial charge on any atom is -0.493 e. The van der Waals surface area contributed by atoms with Crippen molar-refractivity contribution in [1.82, 2.24) is 0 Å². The summed E-state index contributed by atoms with van der Waals surface area (Å²) in [4.78, 5) is 4.61. The average molecular weight is 246 g/mol. The van der Waals surface area contributed by atoms with Crippen LogP contribution < -0.4 is 15.4 Å². The molecular formula is C11H16ClNO3. The molecule has 0 bridgehead atoms. The lowest BCUT2D eigenvalue weighted by Gasteiger charge is -2.17. The zero-order valence-corrected chi connectivity index (χ0v) is 10.4. The number of ether oxygens (including phenoxy) is 2. The first-order valence-corrected chi connectivity index (χ1v) is 5.31. The predicted molar refractivity (Wildman–Crippen MR) is 62.7 cm³/mol. The van der Waals surface area contributed by atoms with Crippen LogP contribution in [0.2, 0.25) is 5.02 Å². The summed E-state index contributed by atoms with van der Waals surface area (Å²) in [5.74, 6) is 6.26. The molecule has 0 aliphatic carbocycles. The molecule has 0 aromatic heterocycles. The van der Waals surface area contributed by atoms with Crippen molar-refractivity contribution in [1.29, 1.82) is 0 Å². The predicted octanol–water partition coefficient (Wildman–Crippen LogP) is 2.53. The molecule has 0 aliphatic heterocycles. The van der Waals surface area contributed by atoms with E-state index in [1.54, 1.807) is 19.2 Å². The largest absolute Gasteiger partial charge is 0.493 e. The van der Waals surface area contributed by atoms with Crippen LogP contribution >= 0.6 is 11.6 Å². The Morgan fingerprint density at radius 3 is 2.56 bits per heavy atom. The first-order valence-electron chi connectivity index (χ1n) is 4.93. The van der Waals surface area contributed by atoms with Crippen molar-refractivity contribution in [2.45, 2.75) is 26.6 Å². The molecular weight excluding hydrogens is 230 g/mol. The van der Waals surface area contributed by atoms with Crippen LogP contribution in [0, 0.1) is 0 Å². The topological polar surface area (TPSA) is 53.7 Å². The molecule has 0 saturated carbocycles. The third-order valence-electron chi connectivity index (χ3n) is 1.91. The molecule has 0 spiro atoms. The van der Waals surface area contributed by atoms with Gasteiger partial charge < -0.3 is 9.47 Å². The number of hydrogen-bond donors (Lipinski definition) is 1. The second kappa shape index (κ2) is 5.94. The average Bonchev–Trinajstić information content (AvgIpc) is 2.21. The SMILES string of the molecule is COc1cc(Cl)cc(CON)c1OC(C)C. The number of benzene rings is 1. The smallest absolute Gasteiger partial charge is 0.167 e. The van der Waals surface area contributed by atoms with Gasteiger partial charge in [0.1, 0.15) is 0 Å². The normalized spacial score (nSPS) is 10.6. The molecule has 0 fully saturated rings. The minimum absolute atomic E-state index is 0.0339. The van der Waals surface area contributed by atoms with Crippen molar-refractivity contribution in [3.05, 3.63) is 22.7 Å². The molecule has 0 radical (unpaired) electrons. The summed E-state index contributed by atoms with van der Waals surface area (Å²) in [5.41, 5.74) is 0.764. The molecule has 5 heteroatoms. The fraction of sp³-hybridized carbons (Fsp3) is 0.455. The van der Waals surface area contributed by atoms with Crippen molar-refractivity contribution in [2.24, 2.45) is 5.90 Å². The van der Waals surface area contributed by atoms with Crippen molar-refractivity contribution >= 4 is 11.6 Å². The Bertz CT molecular complexity index is 355. The lowest BCUT2D eigenvalue weighted by Crippen LogP contribution is -2.10. The first kappa shape index (κ1) is 13.1. The van der Waals surface area contributed by atoms with Crippen molar-refractivity contribution in [2.75, 3.05) is 7.11 Å². The van der Waals surface area contributed by atoms with E-state index >= 15 is 0 Å². The van der Waals surface area contributed by atoms with Crippen LogP contribution in [0.3, 0.4) is 0 Å². The molecule has 90 valence electrons. The van der Waals surface area contributed by atoms with E-state index in [-0.39, 0.29) is 12.7 Å². The van der Waals surface area contributed by atoms with Gasteiger partial charge in [-0.3, -0.25) is 4.84 Å². The Balaban J connectivity index is 3.15. The van der Waals surface area contributed by atoms with Gasteiger partial charge in [-0.15, -0.1) is 0 Å². The van der Waals surface area contributed by atoms with Crippen molar-refractivity contribution in [3.63, 3.8) is 0 Å². The highest BCUT2D eigenvalue weighted by Gasteiger charge is 2.14. The zero-order chi connectivity index (χ0) is 12.1. The zero-order valence-electron chi connectivity index (χ0n) is 9.62. The van der Waals surface area contributed by atoms with Crippen LogP contribution in [0.1, 0.15) is 19.4 Å². The number of nitrogens with two attached hydrogens (primary N) is 1. The van der Waals surface area contributed by atoms with Crippen LogP contribution in [0.25, 0.3) is 0 Å². The number of halogens is 1. The Morgan fingerprint density at radius 1 is 1.38 bits per heavy atom. The second-order valence-corrected chi connectivity index (χ2v) is 4.01. The Kier molecular flexibility index (Phi) is 4.86. The molecule has 0 atom stereocenters. The van der Waals surface area contributed by atoms with Crippen LogP contribution in [0.5, 0.6) is 11.5 Å². The third kappa shape index (κ3) is 3.27. The van der Waals surface area contributed by atoms with E-state index in [0.717, 1.165) is 5.56 Å². The maximum atomic E-state index is 5.94. The summed E-state index contributed by atoms with van der Waals surface area (Å²) in [6, 6.07) is 3.44. The molecule has 0 amide bonds. The van der Waals surface area contributed by atoms with Crippen molar-refractivity contribution < 1.29 is 14.3 Å². The van der Waals surface area contributed by atoms with Gasteiger partial charge in [-0.05, 0) is 19.9 Å². The summed E-state index contributed by atoms with van der Waals surface area (Å²) < 4.78 is 10.9. The summed E-state index contributed by atoms with van der Waals surface area (Å²) in [6.07, 6.45) is 0.0339. The maximum Gasteiger partial charge on any atom is 0.167 e. The Morgan fingerprint density at radius 2 is 2.06 bits per heavy atom. The molecule has 1 aromatic carbocycles. The molecule has 2 N–H and O–H groups in total. The van der Waals surface area contributed by atoms with Crippen molar-refractivity contribution in [3.8, 4) is 11.5 Å². The molecule has 4 nitrogen and oxygen atoms in total. The van der Waals surface area contributed by atoms with Crippen LogP contribution in [0.15, 0.2) is 12.1 Å². The van der Waals surface area contributed by atoms with Gasteiger partial charge in [-0.1, -0.05) is 11.6 Å². The van der Waals surface area contributed by atoms with E-state index < -0.39 is 0 Å². The molecule has 0 heterocycles. The van der Waals surface area contributed by atoms with E-state index in [1.807, 2.05) is 13.8 Å². The molecule has 0 unspecified atom stereocenters. The highest BCUT2D eigenvalue weighted by molar-refractivity contribution is 6.30. The number of rotatable bonds is 5. The van der Waals surface area contributed by atoms with E-state index in [9.17, 15) is 0 Å². The number of hydrogen-bond acceptors (Lipinski definition) is 4. The highest BCUT2D eigenvalue weighted by Crippen LogP contribution is 2.35. The lowest BCUT2D eigenvalue weighted by atomic mass is 10.2. The molecule has 0 aliphatic rings. The lowest BCUT2D eigenvalue weighted by molar-refractivity contribution is 0.119. The Labute approximate surface area is 100 Å². The van der Waals surface area contributed by atoms with Gasteiger partial charge in [0.2, 0.25) is 0 Å². The molecule has 1 rings (SSSR count). The second-order valence-electron chi connectivity index (χ2n) is 3.57. The maximum absolute atomic E-state index is 5.94. The summed E-state index contributed by atoms with van der Waals surface area (Å²) in [5, 5.41) is 0.556. The third-order valence-corrected chi connectivity index (χ3v) is 2.13. The summed E-state index contributed by atoms with van der Waals surface area (Å²) in [6.45, 7) is 4.08. The van der Waals surface area contributed by atoms with Gasteiger partial charge in [0, 0.05) is 16.7 Å². The van der Waals surface area contributed by atoms with Gasteiger partial charge in [-0.25, -0.2) is 5.90 Å². The van der Waals surface area contributed by atoms with Gasteiger partial charge in [0.15, 0.2) is 11.5 Å². The van der Waals surface area contributed by atoms with E-state index in [4.69, 9.17) is 27.0 Å². The van der Waals surface area contributed by atoms with Gasteiger partial charge in [-0.2, -0.15) is 0 Å². The summed E-state index contributed by atoms with van der Waals surface area (Å²) >= 11 is 5.94. The van der Waals surface area contributed by atoms with E-state index in [0.29, 0.717) is 16.5 Å². The fourth-order valence-electron chi connectivity index (χ4n) is 1.34. The van der Waals surface area contributed by atoms with Crippen LogP contribution in [0.4, 0.5) is 0 Å². The fourth-order valence-corrected chi connectivity index (χ4v) is 1.57. The van der Waals surface area contributed by atoms with Crippen LogP contribution in [-0.4, -0.2) is 13.2 Å².